The molecule has 4 aromatic carbocycles. The summed E-state index contributed by atoms with van der Waals surface area (Å²) in [6.07, 6.45) is 0. The molecule has 6 rings (SSSR count). The summed E-state index contributed by atoms with van der Waals surface area (Å²) in [5.41, 5.74) is 4.29. The molecule has 39 heavy (non-hydrogen) atoms. The number of piperazine rings is 1. The Morgan fingerprint density at radius 3 is 1.92 bits per heavy atom. The van der Waals surface area contributed by atoms with E-state index in [1.54, 1.807) is 36.4 Å². The number of nitrogens with zero attached hydrogens (tertiary/aromatic N) is 2. The summed E-state index contributed by atoms with van der Waals surface area (Å²) in [4.78, 5) is 18.2. The van der Waals surface area contributed by atoms with E-state index in [2.05, 4.69) is 9.62 Å². The van der Waals surface area contributed by atoms with Crippen molar-refractivity contribution in [2.45, 2.75) is 17.7 Å². The zero-order valence-corrected chi connectivity index (χ0v) is 22.4. The highest BCUT2D eigenvalue weighted by molar-refractivity contribution is 7.92. The monoisotopic (exact) mass is 539 g/mol. The minimum absolute atomic E-state index is 0.0821. The fourth-order valence-corrected chi connectivity index (χ4v) is 6.27. The van der Waals surface area contributed by atoms with E-state index in [1.807, 2.05) is 72.5 Å². The third-order valence-electron chi connectivity index (χ3n) is 7.33. The third kappa shape index (κ3) is 4.95. The van der Waals surface area contributed by atoms with Crippen LogP contribution in [0.4, 0.5) is 11.4 Å². The van der Waals surface area contributed by atoms with Gasteiger partial charge in [0.1, 0.15) is 11.5 Å². The average molecular weight is 540 g/mol. The highest BCUT2D eigenvalue weighted by Crippen LogP contribution is 2.44. The first-order valence-corrected chi connectivity index (χ1v) is 14.5. The Balaban J connectivity index is 1.12. The molecule has 4 aromatic rings. The number of aryl methyl sites for hydroxylation is 1. The van der Waals surface area contributed by atoms with Crippen LogP contribution in [-0.2, 0) is 14.8 Å². The van der Waals surface area contributed by atoms with Gasteiger partial charge < -0.3 is 14.5 Å². The summed E-state index contributed by atoms with van der Waals surface area (Å²) in [5.74, 6) is 1.15. The molecule has 198 valence electrons. The lowest BCUT2D eigenvalue weighted by molar-refractivity contribution is -0.132. The van der Waals surface area contributed by atoms with E-state index >= 15 is 0 Å². The van der Waals surface area contributed by atoms with Crippen molar-refractivity contribution in [1.29, 1.82) is 0 Å². The lowest BCUT2D eigenvalue weighted by atomic mass is 9.86. The summed E-state index contributed by atoms with van der Waals surface area (Å²) in [7, 11) is -3.65. The van der Waals surface area contributed by atoms with Gasteiger partial charge in [-0.05, 0) is 55.5 Å². The van der Waals surface area contributed by atoms with Crippen LogP contribution in [0.5, 0.6) is 11.5 Å². The molecule has 0 atom stereocenters. The Morgan fingerprint density at radius 1 is 0.769 bits per heavy atom. The first-order valence-electron chi connectivity index (χ1n) is 13.0. The van der Waals surface area contributed by atoms with E-state index in [0.717, 1.165) is 33.9 Å². The second-order valence-corrected chi connectivity index (χ2v) is 11.6. The van der Waals surface area contributed by atoms with Gasteiger partial charge in [0.2, 0.25) is 5.91 Å². The Kier molecular flexibility index (Phi) is 6.48. The van der Waals surface area contributed by atoms with Crippen LogP contribution in [0.1, 0.15) is 22.6 Å². The normalized spacial score (nSPS) is 15.2. The summed E-state index contributed by atoms with van der Waals surface area (Å²) < 4.78 is 34.2. The average Bonchev–Trinajstić information content (AvgIpc) is 2.96. The van der Waals surface area contributed by atoms with Gasteiger partial charge in [-0.2, -0.15) is 0 Å². The highest BCUT2D eigenvalue weighted by atomic mass is 32.2. The standard InChI is InChI=1S/C31H29N3O4S/c1-22-10-16-25(17-11-22)39(36,37)32-23-12-14-24(15-13-23)33-18-20-34(21-19-33)31(35)30-26-6-2-4-8-28(26)38-29-9-5-3-7-27(29)30/h2-17,30,32H,18-21H2,1H3. The molecular weight excluding hydrogens is 510 g/mol. The number of fused-ring (bicyclic) bond motifs is 2. The Labute approximate surface area is 228 Å². The van der Waals surface area contributed by atoms with E-state index in [9.17, 15) is 13.2 Å². The fraction of sp³-hybridized carbons (Fsp3) is 0.194. The first kappa shape index (κ1) is 25.0. The molecule has 2 aliphatic heterocycles. The number of nitrogens with one attached hydrogen (secondary N) is 1. The smallest absolute Gasteiger partial charge is 0.261 e. The van der Waals surface area contributed by atoms with Crippen LogP contribution in [0.3, 0.4) is 0 Å². The number of hydrogen-bond donors (Lipinski definition) is 1. The van der Waals surface area contributed by atoms with Crippen molar-refractivity contribution >= 4 is 27.3 Å². The SMILES string of the molecule is Cc1ccc(S(=O)(=O)Nc2ccc(N3CCN(C(=O)C4c5ccccc5Oc5ccccc54)CC3)cc2)cc1. The minimum Gasteiger partial charge on any atom is -0.457 e. The third-order valence-corrected chi connectivity index (χ3v) is 8.73. The number of rotatable bonds is 5. The predicted molar refractivity (Wildman–Crippen MR) is 152 cm³/mol. The van der Waals surface area contributed by atoms with Crippen molar-refractivity contribution in [2.24, 2.45) is 0 Å². The molecule has 1 fully saturated rings. The number of carbonyl (C=O) groups excluding carboxylic acids is 1. The molecule has 0 saturated carbocycles. The number of benzene rings is 4. The Morgan fingerprint density at radius 2 is 1.33 bits per heavy atom. The topological polar surface area (TPSA) is 79.0 Å². The second kappa shape index (κ2) is 10.1. The van der Waals surface area contributed by atoms with Crippen molar-refractivity contribution in [3.05, 3.63) is 114 Å². The molecule has 2 aliphatic rings. The van der Waals surface area contributed by atoms with Crippen LogP contribution in [0.2, 0.25) is 0 Å². The molecule has 0 aliphatic carbocycles. The maximum Gasteiger partial charge on any atom is 0.261 e. The van der Waals surface area contributed by atoms with Crippen molar-refractivity contribution in [3.8, 4) is 11.5 Å². The van der Waals surface area contributed by atoms with Gasteiger partial charge in [0.15, 0.2) is 0 Å². The van der Waals surface area contributed by atoms with Crippen molar-refractivity contribution in [1.82, 2.24) is 4.90 Å². The van der Waals surface area contributed by atoms with Crippen LogP contribution < -0.4 is 14.4 Å². The maximum absolute atomic E-state index is 13.8. The van der Waals surface area contributed by atoms with Crippen LogP contribution >= 0.6 is 0 Å². The van der Waals surface area contributed by atoms with Crippen molar-refractivity contribution < 1.29 is 17.9 Å². The number of anilines is 2. The van der Waals surface area contributed by atoms with E-state index in [4.69, 9.17) is 4.74 Å². The largest absolute Gasteiger partial charge is 0.457 e. The number of amides is 1. The van der Waals surface area contributed by atoms with Crippen LogP contribution in [-0.4, -0.2) is 45.4 Å². The van der Waals surface area contributed by atoms with E-state index in [1.165, 1.54) is 0 Å². The molecular formula is C31H29N3O4S. The van der Waals surface area contributed by atoms with Crippen LogP contribution in [0.15, 0.2) is 102 Å². The number of ether oxygens (including phenoxy) is 1. The van der Waals surface area contributed by atoms with Gasteiger partial charge in [0.05, 0.1) is 10.8 Å². The van der Waals surface area contributed by atoms with Gasteiger partial charge in [0, 0.05) is 48.7 Å². The van der Waals surface area contributed by atoms with E-state index in [-0.39, 0.29) is 10.8 Å². The van der Waals surface area contributed by atoms with Gasteiger partial charge in [-0.1, -0.05) is 54.1 Å². The zero-order chi connectivity index (χ0) is 27.0. The van der Waals surface area contributed by atoms with Gasteiger partial charge in [-0.15, -0.1) is 0 Å². The maximum atomic E-state index is 13.8. The van der Waals surface area contributed by atoms with Crippen LogP contribution in [0.25, 0.3) is 0 Å². The minimum atomic E-state index is -3.65. The van der Waals surface area contributed by atoms with Crippen molar-refractivity contribution in [3.63, 3.8) is 0 Å². The fourth-order valence-electron chi connectivity index (χ4n) is 5.22. The lowest BCUT2D eigenvalue weighted by Gasteiger charge is -2.38. The second-order valence-electron chi connectivity index (χ2n) is 9.89. The first-order chi connectivity index (χ1) is 18.9. The number of para-hydroxylation sites is 2. The molecule has 1 N–H and O–H groups in total. The molecule has 0 spiro atoms. The van der Waals surface area contributed by atoms with Gasteiger partial charge >= 0.3 is 0 Å². The molecule has 8 heteroatoms. The van der Waals surface area contributed by atoms with Gasteiger partial charge in [-0.25, -0.2) is 8.42 Å². The van der Waals surface area contributed by atoms with E-state index < -0.39 is 15.9 Å². The van der Waals surface area contributed by atoms with Gasteiger partial charge in [-0.3, -0.25) is 9.52 Å². The number of carbonyl (C=O) groups is 1. The quantitative estimate of drug-likeness (QED) is 0.368. The Hall–Kier alpha value is -4.30. The number of hydrogen-bond acceptors (Lipinski definition) is 5. The predicted octanol–water partition coefficient (Wildman–Crippen LogP) is 5.38. The summed E-state index contributed by atoms with van der Waals surface area (Å²) in [6.45, 7) is 4.49. The molecule has 2 heterocycles. The molecule has 0 unspecified atom stereocenters. The van der Waals surface area contributed by atoms with E-state index in [0.29, 0.717) is 31.9 Å². The molecule has 7 nitrogen and oxygen atoms in total. The summed E-state index contributed by atoms with van der Waals surface area (Å²) >= 11 is 0. The van der Waals surface area contributed by atoms with Crippen molar-refractivity contribution in [2.75, 3.05) is 35.8 Å². The molecule has 0 bridgehead atoms. The summed E-state index contributed by atoms with van der Waals surface area (Å²) in [6, 6.07) is 29.6. The molecule has 0 aromatic heterocycles. The molecule has 1 saturated heterocycles. The lowest BCUT2D eigenvalue weighted by Crippen LogP contribution is -2.50. The zero-order valence-electron chi connectivity index (χ0n) is 21.6. The molecule has 1 amide bonds. The highest BCUT2D eigenvalue weighted by Gasteiger charge is 2.36. The molecule has 0 radical (unpaired) electrons. The number of sulfonamides is 1. The Bertz CT molecular complexity index is 1570. The van der Waals surface area contributed by atoms with Gasteiger partial charge in [0.25, 0.3) is 10.0 Å². The summed E-state index contributed by atoms with van der Waals surface area (Å²) in [5, 5.41) is 0. The van der Waals surface area contributed by atoms with Crippen LogP contribution in [0, 0.1) is 6.92 Å².